The maximum Gasteiger partial charge on any atom is 0.356 e. The number of thiazole rings is 1. The third-order valence-electron chi connectivity index (χ3n) is 2.69. The highest BCUT2D eigenvalue weighted by Gasteiger charge is 2.30. The van der Waals surface area contributed by atoms with Crippen LogP contribution in [-0.4, -0.2) is 55.6 Å². The summed E-state index contributed by atoms with van der Waals surface area (Å²) < 4.78 is 26.4. The molecule has 1 saturated heterocycles. The summed E-state index contributed by atoms with van der Waals surface area (Å²) in [6.07, 6.45) is 0.719. The van der Waals surface area contributed by atoms with Crippen molar-refractivity contribution in [2.24, 2.45) is 0 Å². The number of sulfonamides is 1. The van der Waals surface area contributed by atoms with Crippen LogP contribution in [0.3, 0.4) is 0 Å². The van der Waals surface area contributed by atoms with Crippen LogP contribution >= 0.6 is 11.3 Å². The van der Waals surface area contributed by atoms with Gasteiger partial charge in [0.2, 0.25) is 0 Å². The van der Waals surface area contributed by atoms with Crippen LogP contribution in [0.15, 0.2) is 9.72 Å². The van der Waals surface area contributed by atoms with E-state index < -0.39 is 21.7 Å². The molecular weight excluding hydrogens is 278 g/mol. The molecule has 1 aliphatic rings. The van der Waals surface area contributed by atoms with Crippen LogP contribution in [-0.2, 0) is 10.0 Å². The number of aromatic nitrogens is 1. The largest absolute Gasteiger partial charge is 0.476 e. The Morgan fingerprint density at radius 1 is 1.67 bits per heavy atom. The first-order valence-corrected chi connectivity index (χ1v) is 7.64. The summed E-state index contributed by atoms with van der Waals surface area (Å²) >= 11 is 0.813. The van der Waals surface area contributed by atoms with Crippen LogP contribution in [0.2, 0.25) is 0 Å². The molecule has 0 bridgehead atoms. The molecule has 7 nitrogen and oxygen atoms in total. The Morgan fingerprint density at radius 3 is 2.94 bits per heavy atom. The molecule has 0 radical (unpaired) electrons. The van der Waals surface area contributed by atoms with E-state index in [9.17, 15) is 13.2 Å². The normalized spacial score (nSPS) is 21.3. The number of carboxylic acid groups (broad SMARTS) is 1. The molecule has 1 aromatic heterocycles. The first kappa shape index (κ1) is 13.4. The molecule has 1 fully saturated rings. The van der Waals surface area contributed by atoms with Crippen LogP contribution < -0.4 is 4.72 Å². The fraction of sp³-hybridized carbons (Fsp3) is 0.556. The number of hydrogen-bond donors (Lipinski definition) is 2. The molecule has 2 rings (SSSR count). The number of nitrogens with zero attached hydrogens (tertiary/aromatic N) is 2. The van der Waals surface area contributed by atoms with Crippen molar-refractivity contribution in [3.8, 4) is 0 Å². The number of carbonyl (C=O) groups is 1. The van der Waals surface area contributed by atoms with E-state index in [0.29, 0.717) is 6.54 Å². The van der Waals surface area contributed by atoms with Gasteiger partial charge >= 0.3 is 5.97 Å². The molecule has 100 valence electrons. The van der Waals surface area contributed by atoms with Crippen molar-refractivity contribution in [2.45, 2.75) is 16.7 Å². The molecule has 0 amide bonds. The summed E-state index contributed by atoms with van der Waals surface area (Å²) in [5.74, 6) is -1.33. The van der Waals surface area contributed by atoms with Crippen molar-refractivity contribution < 1.29 is 18.3 Å². The van der Waals surface area contributed by atoms with E-state index in [0.717, 1.165) is 24.3 Å². The predicted molar refractivity (Wildman–Crippen MR) is 65.3 cm³/mol. The highest BCUT2D eigenvalue weighted by Crippen LogP contribution is 2.21. The molecule has 1 unspecified atom stereocenters. The number of aromatic carboxylic acids is 1. The van der Waals surface area contributed by atoms with Crippen LogP contribution in [0, 0.1) is 0 Å². The van der Waals surface area contributed by atoms with Crippen molar-refractivity contribution in [3.05, 3.63) is 11.2 Å². The number of nitrogens with one attached hydrogen (secondary N) is 1. The molecular formula is C9H13N3O4S2. The van der Waals surface area contributed by atoms with Gasteiger partial charge in [-0.05, 0) is 20.0 Å². The van der Waals surface area contributed by atoms with Gasteiger partial charge in [0.25, 0.3) is 10.0 Å². The highest BCUT2D eigenvalue weighted by molar-refractivity contribution is 7.91. The van der Waals surface area contributed by atoms with E-state index in [1.807, 2.05) is 11.9 Å². The van der Waals surface area contributed by atoms with Gasteiger partial charge in [0, 0.05) is 12.6 Å². The Labute approximate surface area is 109 Å². The van der Waals surface area contributed by atoms with Crippen molar-refractivity contribution >= 4 is 27.3 Å². The molecule has 0 aromatic carbocycles. The van der Waals surface area contributed by atoms with Crippen LogP contribution in [0.25, 0.3) is 0 Å². The SMILES string of the molecule is CN1CCC(NS(=O)(=O)c2scnc2C(=O)O)C1. The zero-order valence-electron chi connectivity index (χ0n) is 9.66. The minimum atomic E-state index is -3.80. The molecule has 1 aliphatic heterocycles. The van der Waals surface area contributed by atoms with Gasteiger partial charge in [0.1, 0.15) is 0 Å². The molecule has 0 aliphatic carbocycles. The van der Waals surface area contributed by atoms with Gasteiger partial charge in [0.05, 0.1) is 5.51 Å². The molecule has 2 N–H and O–H groups in total. The Hall–Kier alpha value is -1.03. The van der Waals surface area contributed by atoms with E-state index in [1.54, 1.807) is 0 Å². The summed E-state index contributed by atoms with van der Waals surface area (Å²) in [6, 6.07) is -0.177. The Balaban J connectivity index is 2.20. The Morgan fingerprint density at radius 2 is 2.39 bits per heavy atom. The van der Waals surface area contributed by atoms with Crippen molar-refractivity contribution in [1.29, 1.82) is 0 Å². The summed E-state index contributed by atoms with van der Waals surface area (Å²) in [5.41, 5.74) is 0.803. The highest BCUT2D eigenvalue weighted by atomic mass is 32.2. The summed E-state index contributed by atoms with van der Waals surface area (Å²) in [5, 5.41) is 8.86. The van der Waals surface area contributed by atoms with E-state index >= 15 is 0 Å². The lowest BCUT2D eigenvalue weighted by Crippen LogP contribution is -2.36. The smallest absolute Gasteiger partial charge is 0.356 e. The number of rotatable bonds is 4. The molecule has 1 atom stereocenters. The first-order valence-electron chi connectivity index (χ1n) is 5.28. The number of carboxylic acids is 1. The van der Waals surface area contributed by atoms with Crippen LogP contribution in [0.5, 0.6) is 0 Å². The Kier molecular flexibility index (Phi) is 3.66. The van der Waals surface area contributed by atoms with Gasteiger partial charge in [-0.2, -0.15) is 0 Å². The molecule has 0 saturated carbocycles. The molecule has 9 heteroatoms. The van der Waals surface area contributed by atoms with E-state index in [2.05, 4.69) is 9.71 Å². The lowest BCUT2D eigenvalue weighted by Gasteiger charge is -2.12. The van der Waals surface area contributed by atoms with Gasteiger partial charge in [-0.15, -0.1) is 11.3 Å². The third kappa shape index (κ3) is 2.69. The summed E-state index contributed by atoms with van der Waals surface area (Å²) in [7, 11) is -1.89. The monoisotopic (exact) mass is 291 g/mol. The van der Waals surface area contributed by atoms with Crippen molar-refractivity contribution in [2.75, 3.05) is 20.1 Å². The van der Waals surface area contributed by atoms with E-state index in [-0.39, 0.29) is 10.3 Å². The zero-order chi connectivity index (χ0) is 13.3. The quantitative estimate of drug-likeness (QED) is 0.798. The number of hydrogen-bond acceptors (Lipinski definition) is 6. The topological polar surface area (TPSA) is 99.6 Å². The molecule has 1 aromatic rings. The summed E-state index contributed by atoms with van der Waals surface area (Å²) in [6.45, 7) is 1.45. The lowest BCUT2D eigenvalue weighted by atomic mass is 10.3. The maximum absolute atomic E-state index is 12.1. The fourth-order valence-electron chi connectivity index (χ4n) is 1.87. The Bertz CT molecular complexity index is 554. The van der Waals surface area contributed by atoms with Gasteiger partial charge in [-0.25, -0.2) is 22.9 Å². The minimum absolute atomic E-state index is 0.177. The first-order chi connectivity index (χ1) is 8.40. The number of likely N-dealkylation sites (N-methyl/N-ethyl adjacent to an activating group) is 1. The van der Waals surface area contributed by atoms with Crippen molar-refractivity contribution in [1.82, 2.24) is 14.6 Å². The standard InChI is InChI=1S/C9H13N3O4S2/c1-12-3-2-6(4-12)11-18(15,16)9-7(8(13)14)10-5-17-9/h5-6,11H,2-4H2,1H3,(H,13,14). The summed E-state index contributed by atoms with van der Waals surface area (Å²) in [4.78, 5) is 16.4. The second kappa shape index (κ2) is 4.92. The van der Waals surface area contributed by atoms with Gasteiger partial charge in [-0.1, -0.05) is 0 Å². The number of likely N-dealkylation sites (tertiary alicyclic amines) is 1. The van der Waals surface area contributed by atoms with Gasteiger partial charge in [0.15, 0.2) is 9.90 Å². The average molecular weight is 291 g/mol. The molecule has 2 heterocycles. The second-order valence-corrected chi connectivity index (χ2v) is 6.93. The maximum atomic E-state index is 12.1. The zero-order valence-corrected chi connectivity index (χ0v) is 11.3. The van der Waals surface area contributed by atoms with E-state index in [4.69, 9.17) is 5.11 Å². The minimum Gasteiger partial charge on any atom is -0.476 e. The van der Waals surface area contributed by atoms with Crippen LogP contribution in [0.1, 0.15) is 16.9 Å². The van der Waals surface area contributed by atoms with E-state index in [1.165, 1.54) is 5.51 Å². The average Bonchev–Trinajstić information content (AvgIpc) is 2.86. The van der Waals surface area contributed by atoms with Gasteiger partial charge in [-0.3, -0.25) is 0 Å². The predicted octanol–water partition coefficient (Wildman–Crippen LogP) is -0.176. The lowest BCUT2D eigenvalue weighted by molar-refractivity contribution is 0.0687. The van der Waals surface area contributed by atoms with Crippen LogP contribution in [0.4, 0.5) is 0 Å². The molecule has 18 heavy (non-hydrogen) atoms. The fourth-order valence-corrected chi connectivity index (χ4v) is 4.29. The molecule has 0 spiro atoms. The second-order valence-electron chi connectivity index (χ2n) is 4.16. The van der Waals surface area contributed by atoms with Gasteiger partial charge < -0.3 is 10.0 Å². The van der Waals surface area contributed by atoms with Crippen molar-refractivity contribution in [3.63, 3.8) is 0 Å². The third-order valence-corrected chi connectivity index (χ3v) is 5.58.